The highest BCUT2D eigenvalue weighted by Gasteiger charge is 2.13. The quantitative estimate of drug-likeness (QED) is 0.431. The molecule has 0 aliphatic carbocycles. The summed E-state index contributed by atoms with van der Waals surface area (Å²) in [5.74, 6) is -0.0327. The number of benzene rings is 2. The Morgan fingerprint density at radius 2 is 1.85 bits per heavy atom. The molecule has 6 nitrogen and oxygen atoms in total. The summed E-state index contributed by atoms with van der Waals surface area (Å²) in [5, 5.41) is 1.42. The number of halogens is 2. The molecule has 0 spiro atoms. The van der Waals surface area contributed by atoms with E-state index in [0.29, 0.717) is 20.9 Å². The first-order chi connectivity index (χ1) is 13.1. The molecule has 1 amide bonds. The molecule has 2 aromatic carbocycles. The number of fused-ring (bicyclic) bond motifs is 1. The van der Waals surface area contributed by atoms with Gasteiger partial charge >= 0.3 is 5.91 Å². The van der Waals surface area contributed by atoms with E-state index in [1.165, 1.54) is 0 Å². The molecule has 0 radical (unpaired) electrons. The normalized spacial score (nSPS) is 10.7. The predicted octanol–water partition coefficient (Wildman–Crippen LogP) is 5.06. The lowest BCUT2D eigenvalue weighted by Gasteiger charge is -2.11. The van der Waals surface area contributed by atoms with E-state index in [0.717, 1.165) is 10.9 Å². The van der Waals surface area contributed by atoms with Crippen LogP contribution in [0.25, 0.3) is 22.2 Å². The van der Waals surface area contributed by atoms with E-state index in [4.69, 9.17) is 16.0 Å². The number of hydrogen-bond donors (Lipinski definition) is 2. The molecule has 8 heteroatoms. The van der Waals surface area contributed by atoms with Crippen LogP contribution in [0.15, 0.2) is 69.8 Å². The highest BCUT2D eigenvalue weighted by molar-refractivity contribution is 9.10. The van der Waals surface area contributed by atoms with Crippen molar-refractivity contribution in [1.29, 1.82) is 0 Å². The highest BCUT2D eigenvalue weighted by Crippen LogP contribution is 2.29. The van der Waals surface area contributed by atoms with Gasteiger partial charge in [-0.1, -0.05) is 41.9 Å². The Hall–Kier alpha value is -2.90. The maximum Gasteiger partial charge on any atom is 0.305 e. The number of rotatable bonds is 4. The van der Waals surface area contributed by atoms with Gasteiger partial charge in [-0.3, -0.25) is 15.6 Å². The topological polar surface area (TPSA) is 80.0 Å². The fourth-order valence-electron chi connectivity index (χ4n) is 2.58. The third-order valence-corrected chi connectivity index (χ3v) is 4.45. The standard InChI is InChI=1S/C19H12BrClN4O2/c20-16-9-8-15(27-16)18(26)24-25-19-22-14-7-6-12(21)10-13(14)17(23-19)11-4-2-1-3-5-11/h1-10H,(H,24,26)(H,22,23,25). The first kappa shape index (κ1) is 17.5. The van der Waals surface area contributed by atoms with E-state index in [1.807, 2.05) is 42.5 Å². The van der Waals surface area contributed by atoms with Crippen molar-refractivity contribution >= 4 is 50.3 Å². The van der Waals surface area contributed by atoms with Crippen LogP contribution in [0.5, 0.6) is 0 Å². The third-order valence-electron chi connectivity index (χ3n) is 3.79. The van der Waals surface area contributed by atoms with Gasteiger partial charge in [0.05, 0.1) is 11.2 Å². The molecule has 134 valence electrons. The molecule has 4 rings (SSSR count). The van der Waals surface area contributed by atoms with Crippen molar-refractivity contribution < 1.29 is 9.21 Å². The lowest BCUT2D eigenvalue weighted by molar-refractivity contribution is 0.0933. The zero-order valence-corrected chi connectivity index (χ0v) is 16.1. The molecule has 4 aromatic rings. The fourth-order valence-corrected chi connectivity index (χ4v) is 3.06. The van der Waals surface area contributed by atoms with Crippen LogP contribution in [-0.4, -0.2) is 15.9 Å². The number of aromatic nitrogens is 2. The van der Waals surface area contributed by atoms with Crippen molar-refractivity contribution in [3.8, 4) is 11.3 Å². The zero-order valence-electron chi connectivity index (χ0n) is 13.7. The van der Waals surface area contributed by atoms with Crippen LogP contribution in [0.1, 0.15) is 10.6 Å². The summed E-state index contributed by atoms with van der Waals surface area (Å²) >= 11 is 9.31. The highest BCUT2D eigenvalue weighted by atomic mass is 79.9. The van der Waals surface area contributed by atoms with Crippen LogP contribution in [0, 0.1) is 0 Å². The molecule has 0 saturated carbocycles. The Morgan fingerprint density at radius 1 is 1.04 bits per heavy atom. The summed E-state index contributed by atoms with van der Waals surface area (Å²) in [5.41, 5.74) is 7.59. The monoisotopic (exact) mass is 442 g/mol. The van der Waals surface area contributed by atoms with Gasteiger partial charge in [0.2, 0.25) is 5.95 Å². The Morgan fingerprint density at radius 3 is 2.59 bits per heavy atom. The maximum absolute atomic E-state index is 12.1. The number of nitrogens with one attached hydrogen (secondary N) is 2. The second-order valence-corrected chi connectivity index (χ2v) is 6.82. The number of anilines is 1. The average Bonchev–Trinajstić information content (AvgIpc) is 3.13. The van der Waals surface area contributed by atoms with Crippen LogP contribution < -0.4 is 10.9 Å². The third kappa shape index (κ3) is 3.79. The number of carbonyl (C=O) groups excluding carboxylic acids is 1. The number of hydrazine groups is 1. The van der Waals surface area contributed by atoms with Gasteiger partial charge in [-0.15, -0.1) is 0 Å². The van der Waals surface area contributed by atoms with Crippen molar-refractivity contribution in [2.45, 2.75) is 0 Å². The number of amides is 1. The molecule has 2 heterocycles. The Kier molecular flexibility index (Phi) is 4.79. The van der Waals surface area contributed by atoms with Gasteiger partial charge in [0.15, 0.2) is 10.4 Å². The fraction of sp³-hybridized carbons (Fsp3) is 0. The van der Waals surface area contributed by atoms with Crippen molar-refractivity contribution in [3.63, 3.8) is 0 Å². The van der Waals surface area contributed by atoms with E-state index in [-0.39, 0.29) is 11.7 Å². The average molecular weight is 444 g/mol. The minimum Gasteiger partial charge on any atom is -0.444 e. The Labute approximate surface area is 167 Å². The lowest BCUT2D eigenvalue weighted by atomic mass is 10.1. The predicted molar refractivity (Wildman–Crippen MR) is 107 cm³/mol. The summed E-state index contributed by atoms with van der Waals surface area (Å²) in [6.45, 7) is 0. The van der Waals surface area contributed by atoms with Crippen molar-refractivity contribution in [2.75, 3.05) is 5.43 Å². The number of furan rings is 1. The van der Waals surface area contributed by atoms with E-state index in [9.17, 15) is 4.79 Å². The van der Waals surface area contributed by atoms with Crippen LogP contribution in [-0.2, 0) is 0 Å². The SMILES string of the molecule is O=C(NNc1nc(-c2ccccc2)c2cc(Cl)ccc2n1)c1ccc(Br)o1. The van der Waals surface area contributed by atoms with Crippen molar-refractivity contribution in [2.24, 2.45) is 0 Å². The van der Waals surface area contributed by atoms with E-state index in [2.05, 4.69) is 36.7 Å². The van der Waals surface area contributed by atoms with Gasteiger partial charge in [0.25, 0.3) is 0 Å². The summed E-state index contributed by atoms with van der Waals surface area (Å²) in [4.78, 5) is 21.1. The van der Waals surface area contributed by atoms with Gasteiger partial charge in [-0.25, -0.2) is 9.97 Å². The Balaban J connectivity index is 1.69. The molecule has 0 saturated heterocycles. The van der Waals surface area contributed by atoms with Crippen molar-refractivity contribution in [1.82, 2.24) is 15.4 Å². The molecule has 0 fully saturated rings. The van der Waals surface area contributed by atoms with E-state index in [1.54, 1.807) is 18.2 Å². The summed E-state index contributed by atoms with van der Waals surface area (Å²) in [6.07, 6.45) is 0. The number of hydrogen-bond acceptors (Lipinski definition) is 5. The molecule has 0 bridgehead atoms. The van der Waals surface area contributed by atoms with E-state index < -0.39 is 5.91 Å². The van der Waals surface area contributed by atoms with Crippen LogP contribution in [0.2, 0.25) is 5.02 Å². The summed E-state index contributed by atoms with van der Waals surface area (Å²) < 4.78 is 5.69. The molecule has 0 unspecified atom stereocenters. The van der Waals surface area contributed by atoms with Gasteiger partial charge < -0.3 is 4.42 Å². The summed E-state index contributed by atoms with van der Waals surface area (Å²) in [6, 6.07) is 18.3. The number of carbonyl (C=O) groups is 1. The van der Waals surface area contributed by atoms with E-state index >= 15 is 0 Å². The molecule has 0 aliphatic rings. The van der Waals surface area contributed by atoms with Gasteiger partial charge in [-0.05, 0) is 46.3 Å². The van der Waals surface area contributed by atoms with Crippen LogP contribution >= 0.6 is 27.5 Å². The molecular weight excluding hydrogens is 432 g/mol. The zero-order chi connectivity index (χ0) is 18.8. The smallest absolute Gasteiger partial charge is 0.305 e. The first-order valence-corrected chi connectivity index (χ1v) is 9.12. The first-order valence-electron chi connectivity index (χ1n) is 7.94. The van der Waals surface area contributed by atoms with Gasteiger partial charge in [0.1, 0.15) is 0 Å². The molecule has 2 aromatic heterocycles. The molecular formula is C19H12BrClN4O2. The van der Waals surface area contributed by atoms with Crippen LogP contribution in [0.3, 0.4) is 0 Å². The maximum atomic E-state index is 12.1. The second kappa shape index (κ2) is 7.38. The molecule has 0 aliphatic heterocycles. The molecule has 27 heavy (non-hydrogen) atoms. The minimum absolute atomic E-state index is 0.158. The Bertz CT molecular complexity index is 1130. The minimum atomic E-state index is -0.443. The molecule has 0 atom stereocenters. The van der Waals surface area contributed by atoms with Gasteiger partial charge in [0, 0.05) is 16.0 Å². The largest absolute Gasteiger partial charge is 0.444 e. The number of nitrogens with zero attached hydrogens (tertiary/aromatic N) is 2. The van der Waals surface area contributed by atoms with Gasteiger partial charge in [-0.2, -0.15) is 0 Å². The van der Waals surface area contributed by atoms with Crippen molar-refractivity contribution in [3.05, 3.63) is 76.1 Å². The lowest BCUT2D eigenvalue weighted by Crippen LogP contribution is -2.30. The second-order valence-electron chi connectivity index (χ2n) is 5.61. The van der Waals surface area contributed by atoms with Crippen LogP contribution in [0.4, 0.5) is 5.95 Å². The summed E-state index contributed by atoms with van der Waals surface area (Å²) in [7, 11) is 0. The molecule has 2 N–H and O–H groups in total.